The van der Waals surface area contributed by atoms with Crippen LogP contribution in [0, 0.1) is 0 Å². The summed E-state index contributed by atoms with van der Waals surface area (Å²) in [5, 5.41) is -1.32. The zero-order valence-corrected chi connectivity index (χ0v) is 16.5. The smallest absolute Gasteiger partial charge is 0.251 e. The molecule has 1 aromatic carbocycles. The van der Waals surface area contributed by atoms with Crippen molar-refractivity contribution in [3.8, 4) is 22.5 Å². The van der Waals surface area contributed by atoms with Crippen LogP contribution in [0.2, 0.25) is 0 Å². The van der Waals surface area contributed by atoms with Crippen molar-refractivity contribution < 1.29 is 13.2 Å². The maximum atomic E-state index is 12.4. The third-order valence-electron chi connectivity index (χ3n) is 4.50. The summed E-state index contributed by atoms with van der Waals surface area (Å²) >= 11 is 0. The summed E-state index contributed by atoms with van der Waals surface area (Å²) in [6.07, 6.45) is 5.81. The van der Waals surface area contributed by atoms with Gasteiger partial charge in [0, 0.05) is 43.0 Å². The molecule has 0 fully saturated rings. The number of amides is 1. The average Bonchev–Trinajstić information content (AvgIpc) is 2.69. The lowest BCUT2D eigenvalue weighted by Gasteiger charge is -2.13. The quantitative estimate of drug-likeness (QED) is 0.623. The van der Waals surface area contributed by atoms with E-state index in [2.05, 4.69) is 9.97 Å². The van der Waals surface area contributed by atoms with E-state index >= 15 is 0 Å². The van der Waals surface area contributed by atoms with E-state index in [1.165, 1.54) is 10.6 Å². The van der Waals surface area contributed by atoms with E-state index < -0.39 is 21.0 Å². The van der Waals surface area contributed by atoms with Crippen molar-refractivity contribution in [2.24, 2.45) is 5.73 Å². The zero-order chi connectivity index (χ0) is 21.0. The van der Waals surface area contributed by atoms with E-state index in [9.17, 15) is 18.0 Å². The first-order valence-corrected chi connectivity index (χ1v) is 10.8. The Hall–Kier alpha value is -3.33. The Kier molecular flexibility index (Phi) is 5.88. The Morgan fingerprint density at radius 1 is 1.07 bits per heavy atom. The van der Waals surface area contributed by atoms with E-state index in [-0.39, 0.29) is 18.5 Å². The van der Waals surface area contributed by atoms with Crippen LogP contribution in [-0.4, -0.2) is 40.4 Å². The van der Waals surface area contributed by atoms with Gasteiger partial charge in [0.25, 0.3) is 5.56 Å². The average molecular weight is 412 g/mol. The van der Waals surface area contributed by atoms with Gasteiger partial charge >= 0.3 is 0 Å². The van der Waals surface area contributed by atoms with Crippen LogP contribution < -0.4 is 11.3 Å². The predicted molar refractivity (Wildman–Crippen MR) is 110 cm³/mol. The van der Waals surface area contributed by atoms with Crippen LogP contribution in [0.4, 0.5) is 0 Å². The molecule has 0 bridgehead atoms. The van der Waals surface area contributed by atoms with Crippen molar-refractivity contribution in [3.05, 3.63) is 71.4 Å². The van der Waals surface area contributed by atoms with E-state index in [1.54, 1.807) is 30.7 Å². The number of hydrogen-bond donors (Lipinski definition) is 1. The predicted octanol–water partition coefficient (Wildman–Crippen LogP) is 1.26. The number of nitrogens with zero attached hydrogens (tertiary/aromatic N) is 3. The minimum absolute atomic E-state index is 0.0564. The van der Waals surface area contributed by atoms with Gasteiger partial charge in [0.1, 0.15) is 5.25 Å². The van der Waals surface area contributed by atoms with Crippen LogP contribution in [-0.2, 0) is 21.2 Å². The topological polar surface area (TPSA) is 125 Å². The molecule has 3 aromatic rings. The summed E-state index contributed by atoms with van der Waals surface area (Å²) in [7, 11) is -3.63. The van der Waals surface area contributed by atoms with Gasteiger partial charge in [-0.2, -0.15) is 0 Å². The summed E-state index contributed by atoms with van der Waals surface area (Å²) in [5.41, 5.74) is 7.30. The fourth-order valence-corrected chi connectivity index (χ4v) is 3.91. The van der Waals surface area contributed by atoms with Crippen molar-refractivity contribution in [2.45, 2.75) is 18.2 Å². The third-order valence-corrected chi connectivity index (χ3v) is 6.01. The Balaban J connectivity index is 1.77. The molecule has 2 heterocycles. The zero-order valence-electron chi connectivity index (χ0n) is 15.7. The molecule has 8 nitrogen and oxygen atoms in total. The highest BCUT2D eigenvalue weighted by Crippen LogP contribution is 2.22. The summed E-state index contributed by atoms with van der Waals surface area (Å²) < 4.78 is 24.7. The van der Waals surface area contributed by atoms with E-state index in [4.69, 9.17) is 5.73 Å². The minimum Gasteiger partial charge on any atom is -0.369 e. The van der Waals surface area contributed by atoms with Crippen molar-refractivity contribution in [3.63, 3.8) is 0 Å². The summed E-state index contributed by atoms with van der Waals surface area (Å²) in [6.45, 7) is 0.0735. The molecule has 0 radical (unpaired) electrons. The van der Waals surface area contributed by atoms with E-state index in [0.29, 0.717) is 5.82 Å². The minimum atomic E-state index is -3.63. The van der Waals surface area contributed by atoms with Crippen molar-refractivity contribution in [1.29, 1.82) is 0 Å². The second-order valence-corrected chi connectivity index (χ2v) is 8.83. The van der Waals surface area contributed by atoms with Gasteiger partial charge in [-0.25, -0.2) is 18.4 Å². The largest absolute Gasteiger partial charge is 0.369 e. The number of carbonyl (C=O) groups is 1. The normalized spacial score (nSPS) is 12.4. The molecule has 9 heteroatoms. The Labute approximate surface area is 168 Å². The fourth-order valence-electron chi connectivity index (χ4n) is 2.96. The van der Waals surface area contributed by atoms with Gasteiger partial charge in [-0.1, -0.05) is 24.3 Å². The highest BCUT2D eigenvalue weighted by atomic mass is 32.2. The number of aryl methyl sites for hydroxylation is 1. The van der Waals surface area contributed by atoms with Crippen LogP contribution >= 0.6 is 0 Å². The third kappa shape index (κ3) is 4.94. The molecule has 0 aliphatic heterocycles. The maximum absolute atomic E-state index is 12.4. The SMILES string of the molecule is CS(=O)(=O)C(CCn1ccc(-c2ccc(-c3ncccn3)cc2)cc1=O)C(N)=O. The van der Waals surface area contributed by atoms with Gasteiger partial charge in [0.15, 0.2) is 15.7 Å². The number of carbonyl (C=O) groups excluding carboxylic acids is 1. The molecule has 0 spiro atoms. The molecular weight excluding hydrogens is 392 g/mol. The van der Waals surface area contributed by atoms with Gasteiger partial charge in [0.2, 0.25) is 5.91 Å². The molecule has 1 atom stereocenters. The van der Waals surface area contributed by atoms with Gasteiger partial charge in [-0.3, -0.25) is 9.59 Å². The van der Waals surface area contributed by atoms with Gasteiger partial charge in [-0.05, 0) is 29.7 Å². The van der Waals surface area contributed by atoms with Gasteiger partial charge in [0.05, 0.1) is 0 Å². The second-order valence-electron chi connectivity index (χ2n) is 6.61. The highest BCUT2D eigenvalue weighted by Gasteiger charge is 2.26. The van der Waals surface area contributed by atoms with Crippen molar-refractivity contribution >= 4 is 15.7 Å². The Morgan fingerprint density at radius 2 is 1.69 bits per heavy atom. The summed E-state index contributed by atoms with van der Waals surface area (Å²) in [5.74, 6) is -0.302. The molecule has 2 N–H and O–H groups in total. The number of pyridine rings is 1. The van der Waals surface area contributed by atoms with E-state index in [1.807, 2.05) is 24.3 Å². The lowest BCUT2D eigenvalue weighted by Crippen LogP contribution is -2.36. The first-order chi connectivity index (χ1) is 13.8. The molecule has 0 aliphatic rings. The van der Waals surface area contributed by atoms with Gasteiger partial charge < -0.3 is 10.3 Å². The lowest BCUT2D eigenvalue weighted by atomic mass is 10.0. The van der Waals surface area contributed by atoms with Crippen molar-refractivity contribution in [1.82, 2.24) is 14.5 Å². The summed E-state index contributed by atoms with van der Waals surface area (Å²) in [6, 6.07) is 12.5. The highest BCUT2D eigenvalue weighted by molar-refractivity contribution is 7.92. The Morgan fingerprint density at radius 3 is 2.24 bits per heavy atom. The number of nitrogens with two attached hydrogens (primary N) is 1. The van der Waals surface area contributed by atoms with Crippen LogP contribution in [0.5, 0.6) is 0 Å². The maximum Gasteiger partial charge on any atom is 0.251 e. The number of rotatable bonds is 7. The molecule has 2 aromatic heterocycles. The van der Waals surface area contributed by atoms with Crippen molar-refractivity contribution in [2.75, 3.05) is 6.26 Å². The first kappa shape index (κ1) is 20.4. The molecule has 1 amide bonds. The molecule has 150 valence electrons. The standard InChI is InChI=1S/C20H20N4O4S/c1-29(27,28)17(19(21)26)8-12-24-11-7-16(13-18(24)25)14-3-5-15(6-4-14)20-22-9-2-10-23-20/h2-7,9-11,13,17H,8,12H2,1H3,(H2,21,26). The molecule has 3 rings (SSSR count). The second kappa shape index (κ2) is 8.36. The molecule has 0 aliphatic carbocycles. The van der Waals surface area contributed by atoms with E-state index in [0.717, 1.165) is 22.9 Å². The number of aromatic nitrogens is 3. The number of primary amides is 1. The van der Waals surface area contributed by atoms with Crippen LogP contribution in [0.3, 0.4) is 0 Å². The molecular formula is C20H20N4O4S. The van der Waals surface area contributed by atoms with Gasteiger partial charge in [-0.15, -0.1) is 0 Å². The van der Waals surface area contributed by atoms with Crippen LogP contribution in [0.15, 0.2) is 65.8 Å². The van der Waals surface area contributed by atoms with Crippen LogP contribution in [0.25, 0.3) is 22.5 Å². The van der Waals surface area contributed by atoms with Crippen LogP contribution in [0.1, 0.15) is 6.42 Å². The fraction of sp³-hybridized carbons (Fsp3) is 0.200. The summed E-state index contributed by atoms with van der Waals surface area (Å²) in [4.78, 5) is 32.2. The Bertz CT molecular complexity index is 1170. The molecule has 29 heavy (non-hydrogen) atoms. The monoisotopic (exact) mass is 412 g/mol. The first-order valence-electron chi connectivity index (χ1n) is 8.82. The molecule has 0 saturated carbocycles. The number of hydrogen-bond acceptors (Lipinski definition) is 6. The molecule has 0 saturated heterocycles. The molecule has 1 unspecified atom stereocenters. The number of benzene rings is 1. The number of sulfone groups is 1. The lowest BCUT2D eigenvalue weighted by molar-refractivity contribution is -0.117.